The molecular formula is C11H19FN4O. The normalized spacial score (nSPS) is 10.3. The van der Waals surface area contributed by atoms with E-state index in [0.717, 1.165) is 19.4 Å². The summed E-state index contributed by atoms with van der Waals surface area (Å²) < 4.78 is 18.3. The summed E-state index contributed by atoms with van der Waals surface area (Å²) in [5.74, 6) is 0.250. The summed E-state index contributed by atoms with van der Waals surface area (Å²) in [6, 6.07) is 0. The Hall–Kier alpha value is -1.43. The minimum atomic E-state index is -0.432. The molecule has 5 nitrogen and oxygen atoms in total. The highest BCUT2D eigenvalue weighted by Crippen LogP contribution is 2.11. The van der Waals surface area contributed by atoms with E-state index in [1.807, 2.05) is 6.92 Å². The van der Waals surface area contributed by atoms with Crippen LogP contribution in [0.5, 0.6) is 0 Å². The zero-order chi connectivity index (χ0) is 12.5. The summed E-state index contributed by atoms with van der Waals surface area (Å²) in [6.07, 6.45) is 3.02. The lowest BCUT2D eigenvalue weighted by atomic mass is 10.3. The summed E-state index contributed by atoms with van der Waals surface area (Å²) in [6.45, 7) is 4.03. The first-order valence-electron chi connectivity index (χ1n) is 5.77. The number of ether oxygens (including phenoxy) is 1. The van der Waals surface area contributed by atoms with Crippen molar-refractivity contribution in [2.45, 2.75) is 19.8 Å². The first-order valence-corrected chi connectivity index (χ1v) is 5.77. The van der Waals surface area contributed by atoms with Gasteiger partial charge in [-0.15, -0.1) is 0 Å². The maximum Gasteiger partial charge on any atom is 0.224 e. The Labute approximate surface area is 101 Å². The van der Waals surface area contributed by atoms with E-state index in [2.05, 4.69) is 20.6 Å². The zero-order valence-electron chi connectivity index (χ0n) is 10.3. The van der Waals surface area contributed by atoms with Crippen LogP contribution in [0.15, 0.2) is 6.20 Å². The first-order chi connectivity index (χ1) is 8.27. The number of halogens is 1. The highest BCUT2D eigenvalue weighted by atomic mass is 19.1. The van der Waals surface area contributed by atoms with Gasteiger partial charge < -0.3 is 15.4 Å². The summed E-state index contributed by atoms with van der Waals surface area (Å²) in [7, 11) is 1.67. The molecule has 0 radical (unpaired) electrons. The Morgan fingerprint density at radius 2 is 2.18 bits per heavy atom. The number of unbranched alkanes of at least 4 members (excludes halogenated alkanes) is 1. The van der Waals surface area contributed by atoms with Crippen LogP contribution in [0.25, 0.3) is 0 Å². The average Bonchev–Trinajstić information content (AvgIpc) is 2.33. The lowest BCUT2D eigenvalue weighted by Gasteiger charge is -2.08. The number of nitrogens with zero attached hydrogens (tertiary/aromatic N) is 2. The van der Waals surface area contributed by atoms with Gasteiger partial charge in [-0.2, -0.15) is 4.98 Å². The molecule has 0 atom stereocenters. The molecule has 0 bridgehead atoms. The minimum absolute atomic E-state index is 0.244. The molecule has 2 N–H and O–H groups in total. The number of methoxy groups -OCH3 is 1. The molecule has 17 heavy (non-hydrogen) atoms. The van der Waals surface area contributed by atoms with Crippen LogP contribution in [0.2, 0.25) is 0 Å². The summed E-state index contributed by atoms with van der Waals surface area (Å²) in [5, 5.41) is 5.89. The Bertz CT molecular complexity index is 335. The van der Waals surface area contributed by atoms with Gasteiger partial charge in [0.05, 0.1) is 6.20 Å². The van der Waals surface area contributed by atoms with Crippen molar-refractivity contribution in [3.05, 3.63) is 12.0 Å². The van der Waals surface area contributed by atoms with Crippen molar-refractivity contribution in [1.29, 1.82) is 0 Å². The van der Waals surface area contributed by atoms with Crippen molar-refractivity contribution < 1.29 is 9.13 Å². The van der Waals surface area contributed by atoms with E-state index in [4.69, 9.17) is 4.74 Å². The van der Waals surface area contributed by atoms with Crippen LogP contribution < -0.4 is 10.6 Å². The first kappa shape index (κ1) is 13.6. The van der Waals surface area contributed by atoms with E-state index in [1.165, 1.54) is 6.20 Å². The van der Waals surface area contributed by atoms with Crippen LogP contribution >= 0.6 is 0 Å². The van der Waals surface area contributed by atoms with E-state index in [9.17, 15) is 4.39 Å². The fourth-order valence-electron chi connectivity index (χ4n) is 1.31. The Morgan fingerprint density at radius 3 is 2.88 bits per heavy atom. The van der Waals surface area contributed by atoms with E-state index in [0.29, 0.717) is 19.0 Å². The van der Waals surface area contributed by atoms with Gasteiger partial charge in [0.1, 0.15) is 0 Å². The zero-order valence-corrected chi connectivity index (χ0v) is 10.3. The molecule has 0 saturated carbocycles. The third kappa shape index (κ3) is 4.95. The smallest absolute Gasteiger partial charge is 0.224 e. The largest absolute Gasteiger partial charge is 0.385 e. The van der Waals surface area contributed by atoms with Gasteiger partial charge in [-0.05, 0) is 19.8 Å². The number of anilines is 2. The topological polar surface area (TPSA) is 59.1 Å². The van der Waals surface area contributed by atoms with Crippen LogP contribution in [-0.4, -0.2) is 36.8 Å². The summed E-state index contributed by atoms with van der Waals surface area (Å²) in [4.78, 5) is 7.87. The van der Waals surface area contributed by atoms with Gasteiger partial charge in [-0.3, -0.25) is 0 Å². The fourth-order valence-corrected chi connectivity index (χ4v) is 1.31. The summed E-state index contributed by atoms with van der Waals surface area (Å²) >= 11 is 0. The van der Waals surface area contributed by atoms with E-state index < -0.39 is 5.82 Å². The third-order valence-corrected chi connectivity index (χ3v) is 2.15. The van der Waals surface area contributed by atoms with Crippen LogP contribution in [0.3, 0.4) is 0 Å². The van der Waals surface area contributed by atoms with E-state index in [-0.39, 0.29) is 5.82 Å². The lowest BCUT2D eigenvalue weighted by Crippen LogP contribution is -2.09. The molecule has 0 saturated heterocycles. The number of hydrogen-bond acceptors (Lipinski definition) is 5. The highest BCUT2D eigenvalue weighted by molar-refractivity contribution is 5.40. The van der Waals surface area contributed by atoms with Crippen molar-refractivity contribution in [2.24, 2.45) is 0 Å². The SMILES string of the molecule is CCNc1ncc(F)c(NCCCCOC)n1. The number of nitrogens with one attached hydrogen (secondary N) is 2. The van der Waals surface area contributed by atoms with Crippen molar-refractivity contribution in [3.63, 3.8) is 0 Å². The number of aromatic nitrogens is 2. The predicted octanol–water partition coefficient (Wildman–Crippen LogP) is 1.89. The average molecular weight is 242 g/mol. The molecule has 0 aliphatic carbocycles. The molecule has 0 fully saturated rings. The molecule has 0 spiro atoms. The van der Waals surface area contributed by atoms with Gasteiger partial charge in [0.15, 0.2) is 11.6 Å². The molecule has 1 aromatic heterocycles. The second kappa shape index (κ2) is 7.78. The van der Waals surface area contributed by atoms with Gasteiger partial charge in [0, 0.05) is 26.8 Å². The molecular weight excluding hydrogens is 223 g/mol. The molecule has 0 aliphatic rings. The molecule has 0 aromatic carbocycles. The van der Waals surface area contributed by atoms with E-state index >= 15 is 0 Å². The second-order valence-electron chi connectivity index (χ2n) is 3.55. The maximum atomic E-state index is 13.3. The molecule has 0 amide bonds. The standard InChI is InChI=1S/C11H19FN4O/c1-3-13-11-15-8-9(12)10(16-11)14-6-4-5-7-17-2/h8H,3-7H2,1-2H3,(H2,13,14,15,16). The monoisotopic (exact) mass is 242 g/mol. The molecule has 1 rings (SSSR count). The van der Waals surface area contributed by atoms with Gasteiger partial charge in [-0.25, -0.2) is 9.37 Å². The van der Waals surface area contributed by atoms with Crippen LogP contribution in [0.4, 0.5) is 16.2 Å². The quantitative estimate of drug-likeness (QED) is 0.682. The second-order valence-corrected chi connectivity index (χ2v) is 3.55. The molecule has 6 heteroatoms. The third-order valence-electron chi connectivity index (χ3n) is 2.15. The minimum Gasteiger partial charge on any atom is -0.385 e. The molecule has 1 aromatic rings. The molecule has 96 valence electrons. The van der Waals surface area contributed by atoms with Crippen LogP contribution in [0.1, 0.15) is 19.8 Å². The van der Waals surface area contributed by atoms with Gasteiger partial charge in [0.2, 0.25) is 5.95 Å². The summed E-state index contributed by atoms with van der Waals surface area (Å²) in [5.41, 5.74) is 0. The Kier molecular flexibility index (Phi) is 6.24. The molecule has 0 aliphatic heterocycles. The van der Waals surface area contributed by atoms with E-state index in [1.54, 1.807) is 7.11 Å². The predicted molar refractivity (Wildman–Crippen MR) is 65.8 cm³/mol. The fraction of sp³-hybridized carbons (Fsp3) is 0.636. The van der Waals surface area contributed by atoms with Crippen molar-refractivity contribution in [1.82, 2.24) is 9.97 Å². The highest BCUT2D eigenvalue weighted by Gasteiger charge is 2.05. The Balaban J connectivity index is 2.42. The van der Waals surface area contributed by atoms with Gasteiger partial charge in [-0.1, -0.05) is 0 Å². The lowest BCUT2D eigenvalue weighted by molar-refractivity contribution is 0.193. The van der Waals surface area contributed by atoms with Gasteiger partial charge in [0.25, 0.3) is 0 Å². The van der Waals surface area contributed by atoms with Crippen molar-refractivity contribution in [3.8, 4) is 0 Å². The number of rotatable bonds is 8. The Morgan fingerprint density at radius 1 is 1.35 bits per heavy atom. The molecule has 0 unspecified atom stereocenters. The van der Waals surface area contributed by atoms with Gasteiger partial charge >= 0.3 is 0 Å². The maximum absolute atomic E-state index is 13.3. The molecule has 1 heterocycles. The van der Waals surface area contributed by atoms with Crippen LogP contribution in [-0.2, 0) is 4.74 Å². The van der Waals surface area contributed by atoms with Crippen molar-refractivity contribution in [2.75, 3.05) is 37.4 Å². The van der Waals surface area contributed by atoms with Crippen LogP contribution in [0, 0.1) is 5.82 Å². The van der Waals surface area contributed by atoms with Crippen molar-refractivity contribution >= 4 is 11.8 Å². The number of hydrogen-bond donors (Lipinski definition) is 2.